The largest absolute Gasteiger partial charge is 0.497 e. The molecule has 1 fully saturated rings. The molecular weight excluding hydrogens is 310 g/mol. The first-order valence-electron chi connectivity index (χ1n) is 8.43. The van der Waals surface area contributed by atoms with Crippen molar-refractivity contribution in [2.75, 3.05) is 19.4 Å². The van der Waals surface area contributed by atoms with E-state index in [-0.39, 0.29) is 5.91 Å². The number of thioether (sulfide) groups is 1. The first-order valence-corrected chi connectivity index (χ1v) is 9.47. The summed E-state index contributed by atoms with van der Waals surface area (Å²) >= 11 is 1.98. The van der Waals surface area contributed by atoms with E-state index < -0.39 is 6.10 Å². The van der Waals surface area contributed by atoms with Gasteiger partial charge in [-0.05, 0) is 31.4 Å². The van der Waals surface area contributed by atoms with E-state index in [0.29, 0.717) is 18.7 Å². The molecule has 0 aromatic heterocycles. The van der Waals surface area contributed by atoms with Gasteiger partial charge in [0, 0.05) is 23.6 Å². The number of hydrogen-bond donors (Lipinski definition) is 1. The van der Waals surface area contributed by atoms with Crippen molar-refractivity contribution in [1.82, 2.24) is 5.32 Å². The zero-order valence-corrected chi connectivity index (χ0v) is 14.9. The van der Waals surface area contributed by atoms with Gasteiger partial charge in [0.05, 0.1) is 7.11 Å². The molecule has 1 aromatic carbocycles. The quantitative estimate of drug-likeness (QED) is 0.699. The maximum Gasteiger partial charge on any atom is 0.261 e. The topological polar surface area (TPSA) is 47.6 Å². The highest BCUT2D eigenvalue weighted by molar-refractivity contribution is 7.99. The average molecular weight is 337 g/mol. The Balaban J connectivity index is 1.73. The van der Waals surface area contributed by atoms with Crippen molar-refractivity contribution < 1.29 is 14.3 Å². The van der Waals surface area contributed by atoms with E-state index in [1.807, 2.05) is 36.9 Å². The van der Waals surface area contributed by atoms with E-state index in [1.54, 1.807) is 13.2 Å². The smallest absolute Gasteiger partial charge is 0.261 e. The second-order valence-corrected chi connectivity index (χ2v) is 7.17. The van der Waals surface area contributed by atoms with Crippen LogP contribution in [-0.4, -0.2) is 36.7 Å². The number of methoxy groups -OCH3 is 1. The third-order valence-electron chi connectivity index (χ3n) is 4.04. The van der Waals surface area contributed by atoms with E-state index in [0.717, 1.165) is 16.8 Å². The van der Waals surface area contributed by atoms with Crippen LogP contribution in [0.3, 0.4) is 0 Å². The molecule has 0 heterocycles. The molecule has 1 atom stereocenters. The third kappa shape index (κ3) is 5.98. The molecule has 0 aliphatic heterocycles. The monoisotopic (exact) mass is 337 g/mol. The molecule has 0 saturated heterocycles. The Morgan fingerprint density at radius 1 is 1.35 bits per heavy atom. The van der Waals surface area contributed by atoms with Crippen LogP contribution in [0.25, 0.3) is 0 Å². The van der Waals surface area contributed by atoms with Crippen LogP contribution >= 0.6 is 11.8 Å². The molecule has 1 saturated carbocycles. The Kier molecular flexibility index (Phi) is 7.59. The van der Waals surface area contributed by atoms with Crippen LogP contribution in [0.4, 0.5) is 0 Å². The molecule has 1 aromatic rings. The lowest BCUT2D eigenvalue weighted by Gasteiger charge is -2.18. The zero-order chi connectivity index (χ0) is 16.5. The molecule has 1 aliphatic carbocycles. The molecule has 128 valence electrons. The van der Waals surface area contributed by atoms with Gasteiger partial charge in [-0.3, -0.25) is 4.79 Å². The van der Waals surface area contributed by atoms with Crippen molar-refractivity contribution in [2.45, 2.75) is 50.4 Å². The molecule has 5 heteroatoms. The maximum absolute atomic E-state index is 12.3. The summed E-state index contributed by atoms with van der Waals surface area (Å²) in [4.78, 5) is 12.3. The number of carbonyl (C=O) groups is 1. The molecule has 2 rings (SSSR count). The Morgan fingerprint density at radius 2 is 2.09 bits per heavy atom. The number of carbonyl (C=O) groups excluding carboxylic acids is 1. The van der Waals surface area contributed by atoms with Gasteiger partial charge in [0.2, 0.25) is 0 Å². The number of benzene rings is 1. The minimum Gasteiger partial charge on any atom is -0.497 e. The average Bonchev–Trinajstić information content (AvgIpc) is 3.10. The van der Waals surface area contributed by atoms with Gasteiger partial charge >= 0.3 is 0 Å². The van der Waals surface area contributed by atoms with Gasteiger partial charge in [0.25, 0.3) is 5.91 Å². The summed E-state index contributed by atoms with van der Waals surface area (Å²) in [6.07, 6.45) is 5.55. The van der Waals surface area contributed by atoms with Gasteiger partial charge in [0.15, 0.2) is 6.10 Å². The molecule has 0 radical (unpaired) electrons. The number of nitrogens with one attached hydrogen (secondary N) is 1. The molecule has 0 bridgehead atoms. The molecule has 1 aliphatic rings. The summed E-state index contributed by atoms with van der Waals surface area (Å²) < 4.78 is 11.0. The van der Waals surface area contributed by atoms with Crippen molar-refractivity contribution in [3.05, 3.63) is 24.3 Å². The molecule has 1 amide bonds. The van der Waals surface area contributed by atoms with Crippen LogP contribution in [0.15, 0.2) is 24.3 Å². The van der Waals surface area contributed by atoms with E-state index >= 15 is 0 Å². The number of ether oxygens (including phenoxy) is 2. The van der Waals surface area contributed by atoms with Gasteiger partial charge in [-0.15, -0.1) is 0 Å². The minimum atomic E-state index is -0.460. The normalized spacial score (nSPS) is 16.1. The van der Waals surface area contributed by atoms with Crippen LogP contribution in [-0.2, 0) is 4.79 Å². The molecule has 23 heavy (non-hydrogen) atoms. The van der Waals surface area contributed by atoms with Crippen molar-refractivity contribution >= 4 is 17.7 Å². The van der Waals surface area contributed by atoms with Crippen molar-refractivity contribution in [3.63, 3.8) is 0 Å². The Hall–Kier alpha value is -1.36. The van der Waals surface area contributed by atoms with Gasteiger partial charge in [-0.1, -0.05) is 25.8 Å². The lowest BCUT2D eigenvalue weighted by Crippen LogP contribution is -2.39. The number of hydrogen-bond acceptors (Lipinski definition) is 4. The fraction of sp³-hybridized carbons (Fsp3) is 0.611. The number of rotatable bonds is 9. The van der Waals surface area contributed by atoms with Crippen LogP contribution in [0, 0.1) is 0 Å². The minimum absolute atomic E-state index is 0.0395. The Morgan fingerprint density at radius 3 is 2.78 bits per heavy atom. The predicted molar refractivity (Wildman–Crippen MR) is 95.4 cm³/mol. The first-order chi connectivity index (χ1) is 11.2. The fourth-order valence-corrected chi connectivity index (χ4v) is 3.95. The second-order valence-electron chi connectivity index (χ2n) is 5.76. The van der Waals surface area contributed by atoms with Crippen molar-refractivity contribution in [1.29, 1.82) is 0 Å². The van der Waals surface area contributed by atoms with Gasteiger partial charge in [0.1, 0.15) is 11.5 Å². The molecular formula is C18H27NO3S. The Bertz CT molecular complexity index is 489. The highest BCUT2D eigenvalue weighted by Gasteiger charge is 2.19. The predicted octanol–water partition coefficient (Wildman–Crippen LogP) is 3.64. The summed E-state index contributed by atoms with van der Waals surface area (Å²) in [5, 5.41) is 3.78. The summed E-state index contributed by atoms with van der Waals surface area (Å²) in [6.45, 7) is 2.66. The summed E-state index contributed by atoms with van der Waals surface area (Å²) in [5.74, 6) is 2.33. The van der Waals surface area contributed by atoms with Gasteiger partial charge in [-0.25, -0.2) is 0 Å². The van der Waals surface area contributed by atoms with E-state index in [4.69, 9.17) is 9.47 Å². The SMILES string of the molecule is CCC(Oc1cccc(OC)c1)C(=O)NCCSC1CCCC1. The highest BCUT2D eigenvalue weighted by atomic mass is 32.2. The molecule has 0 spiro atoms. The van der Waals surface area contributed by atoms with Gasteiger partial charge < -0.3 is 14.8 Å². The van der Waals surface area contributed by atoms with Crippen LogP contribution in [0.5, 0.6) is 11.5 Å². The zero-order valence-electron chi connectivity index (χ0n) is 14.0. The highest BCUT2D eigenvalue weighted by Crippen LogP contribution is 2.28. The Labute approximate surface area is 143 Å². The van der Waals surface area contributed by atoms with Crippen LogP contribution in [0.1, 0.15) is 39.0 Å². The lowest BCUT2D eigenvalue weighted by molar-refractivity contribution is -0.127. The van der Waals surface area contributed by atoms with E-state index in [9.17, 15) is 4.79 Å². The summed E-state index contributed by atoms with van der Waals surface area (Å²) in [6, 6.07) is 7.35. The lowest BCUT2D eigenvalue weighted by atomic mass is 10.2. The summed E-state index contributed by atoms with van der Waals surface area (Å²) in [7, 11) is 1.62. The van der Waals surface area contributed by atoms with Crippen molar-refractivity contribution in [2.24, 2.45) is 0 Å². The molecule has 1 unspecified atom stereocenters. The third-order valence-corrected chi connectivity index (χ3v) is 5.42. The van der Waals surface area contributed by atoms with E-state index in [1.165, 1.54) is 25.7 Å². The van der Waals surface area contributed by atoms with Crippen LogP contribution < -0.4 is 14.8 Å². The van der Waals surface area contributed by atoms with Crippen LogP contribution in [0.2, 0.25) is 0 Å². The maximum atomic E-state index is 12.3. The molecule has 1 N–H and O–H groups in total. The summed E-state index contributed by atoms with van der Waals surface area (Å²) in [5.41, 5.74) is 0. The second kappa shape index (κ2) is 9.71. The van der Waals surface area contributed by atoms with Gasteiger partial charge in [-0.2, -0.15) is 11.8 Å². The first kappa shape index (κ1) is 18.0. The van der Waals surface area contributed by atoms with E-state index in [2.05, 4.69) is 5.32 Å². The molecule has 4 nitrogen and oxygen atoms in total. The van der Waals surface area contributed by atoms with Crippen molar-refractivity contribution in [3.8, 4) is 11.5 Å². The fourth-order valence-electron chi connectivity index (χ4n) is 2.73. The number of amides is 1. The standard InChI is InChI=1S/C18H27NO3S/c1-3-17(22-15-8-6-7-14(13-15)21-2)18(20)19-11-12-23-16-9-4-5-10-16/h6-8,13,16-17H,3-5,9-12H2,1-2H3,(H,19,20).